The van der Waals surface area contributed by atoms with E-state index in [9.17, 15) is 8.42 Å². The van der Waals surface area contributed by atoms with Crippen LogP contribution in [0.1, 0.15) is 6.92 Å². The van der Waals surface area contributed by atoms with Crippen molar-refractivity contribution in [2.45, 2.75) is 24.4 Å². The fourth-order valence-corrected chi connectivity index (χ4v) is 3.08. The summed E-state index contributed by atoms with van der Waals surface area (Å²) in [6.45, 7) is 2.70. The number of benzene rings is 1. The lowest BCUT2D eigenvalue weighted by Gasteiger charge is -2.20. The Morgan fingerprint density at radius 1 is 1.33 bits per heavy atom. The molecule has 1 heterocycles. The zero-order valence-corrected chi connectivity index (χ0v) is 13.2. The molecule has 6 nitrogen and oxygen atoms in total. The second-order valence-corrected chi connectivity index (χ2v) is 7.21. The monoisotopic (exact) mass is 308 g/mol. The standard InChI is InChI=1S/C14H20N4O2S/c1-12(10-18-9-8-15-11-18)16-13-6-4-5-7-14(13)21(19,20)17(2)3/h4-9,11-12,16H,10H2,1-3H3. The smallest absolute Gasteiger partial charge is 0.244 e. The summed E-state index contributed by atoms with van der Waals surface area (Å²) >= 11 is 0. The Balaban J connectivity index is 2.21. The summed E-state index contributed by atoms with van der Waals surface area (Å²) in [7, 11) is -0.406. The number of nitrogens with zero attached hydrogens (tertiary/aromatic N) is 3. The van der Waals surface area contributed by atoms with Crippen LogP contribution in [0, 0.1) is 0 Å². The molecule has 0 saturated carbocycles. The molecule has 0 aliphatic heterocycles. The van der Waals surface area contributed by atoms with Crippen molar-refractivity contribution in [2.24, 2.45) is 0 Å². The second-order valence-electron chi connectivity index (χ2n) is 5.09. The summed E-state index contributed by atoms with van der Waals surface area (Å²) in [5, 5.41) is 3.26. The van der Waals surface area contributed by atoms with Crippen molar-refractivity contribution in [1.29, 1.82) is 0 Å². The van der Waals surface area contributed by atoms with Crippen LogP contribution in [-0.2, 0) is 16.6 Å². The van der Waals surface area contributed by atoms with Crippen LogP contribution in [0.15, 0.2) is 47.9 Å². The predicted octanol–water partition coefficient (Wildman–Crippen LogP) is 1.63. The molecule has 0 radical (unpaired) electrons. The Labute approximate surface area is 125 Å². The van der Waals surface area contributed by atoms with E-state index in [1.165, 1.54) is 18.4 Å². The normalized spacial score (nSPS) is 13.3. The highest BCUT2D eigenvalue weighted by Gasteiger charge is 2.21. The van der Waals surface area contributed by atoms with E-state index in [-0.39, 0.29) is 10.9 Å². The Morgan fingerprint density at radius 2 is 2.05 bits per heavy atom. The molecule has 1 aromatic carbocycles. The van der Waals surface area contributed by atoms with Crippen LogP contribution in [0.25, 0.3) is 0 Å². The zero-order valence-electron chi connectivity index (χ0n) is 12.4. The predicted molar refractivity (Wildman–Crippen MR) is 82.6 cm³/mol. The SMILES string of the molecule is CC(Cn1ccnc1)Nc1ccccc1S(=O)(=O)N(C)C. The molecule has 0 spiro atoms. The summed E-state index contributed by atoms with van der Waals surface area (Å²) < 4.78 is 27.8. The third kappa shape index (κ3) is 3.62. The number of sulfonamides is 1. The van der Waals surface area contributed by atoms with E-state index in [0.29, 0.717) is 12.2 Å². The topological polar surface area (TPSA) is 67.2 Å². The van der Waals surface area contributed by atoms with Crippen LogP contribution in [-0.4, -0.2) is 42.4 Å². The van der Waals surface area contributed by atoms with Gasteiger partial charge in [-0.15, -0.1) is 0 Å². The first kappa shape index (κ1) is 15.5. The molecule has 1 N–H and O–H groups in total. The first-order valence-electron chi connectivity index (χ1n) is 6.65. The summed E-state index contributed by atoms with van der Waals surface area (Å²) in [4.78, 5) is 4.28. The molecule has 2 rings (SSSR count). The van der Waals surface area contributed by atoms with Gasteiger partial charge in [0.25, 0.3) is 0 Å². The fourth-order valence-electron chi connectivity index (χ4n) is 2.03. The molecule has 0 saturated heterocycles. The van der Waals surface area contributed by atoms with Gasteiger partial charge in [0, 0.05) is 39.1 Å². The quantitative estimate of drug-likeness (QED) is 0.881. The number of nitrogens with one attached hydrogen (secondary N) is 1. The van der Waals surface area contributed by atoms with Gasteiger partial charge >= 0.3 is 0 Å². The number of para-hydroxylation sites is 1. The van der Waals surface area contributed by atoms with Gasteiger partial charge < -0.3 is 9.88 Å². The lowest BCUT2D eigenvalue weighted by molar-refractivity contribution is 0.520. The molecule has 0 aliphatic rings. The molecule has 1 atom stereocenters. The van der Waals surface area contributed by atoms with Gasteiger partial charge in [-0.1, -0.05) is 12.1 Å². The largest absolute Gasteiger partial charge is 0.380 e. The van der Waals surface area contributed by atoms with Gasteiger partial charge in [-0.05, 0) is 19.1 Å². The van der Waals surface area contributed by atoms with E-state index in [4.69, 9.17) is 0 Å². The molecular weight excluding hydrogens is 288 g/mol. The van der Waals surface area contributed by atoms with Crippen molar-refractivity contribution < 1.29 is 8.42 Å². The molecule has 1 aromatic heterocycles. The van der Waals surface area contributed by atoms with Crippen molar-refractivity contribution in [3.63, 3.8) is 0 Å². The third-order valence-corrected chi connectivity index (χ3v) is 4.96. The molecule has 0 bridgehead atoms. The maximum atomic E-state index is 12.3. The number of anilines is 1. The molecule has 0 fully saturated rings. The van der Waals surface area contributed by atoms with E-state index in [2.05, 4.69) is 10.3 Å². The van der Waals surface area contributed by atoms with Crippen molar-refractivity contribution in [1.82, 2.24) is 13.9 Å². The number of imidazole rings is 1. The highest BCUT2D eigenvalue weighted by Crippen LogP contribution is 2.23. The zero-order chi connectivity index (χ0) is 15.5. The molecule has 0 aliphatic carbocycles. The van der Waals surface area contributed by atoms with E-state index in [1.807, 2.05) is 23.8 Å². The molecule has 21 heavy (non-hydrogen) atoms. The molecule has 0 amide bonds. The van der Waals surface area contributed by atoms with Crippen LogP contribution in [0.5, 0.6) is 0 Å². The van der Waals surface area contributed by atoms with E-state index < -0.39 is 10.0 Å². The van der Waals surface area contributed by atoms with Gasteiger partial charge in [-0.3, -0.25) is 0 Å². The van der Waals surface area contributed by atoms with Crippen molar-refractivity contribution in [3.05, 3.63) is 43.0 Å². The minimum Gasteiger partial charge on any atom is -0.380 e. The van der Waals surface area contributed by atoms with Crippen molar-refractivity contribution >= 4 is 15.7 Å². The highest BCUT2D eigenvalue weighted by atomic mass is 32.2. The fraction of sp³-hybridized carbons (Fsp3) is 0.357. The first-order valence-corrected chi connectivity index (χ1v) is 8.09. The second kappa shape index (κ2) is 6.28. The molecule has 7 heteroatoms. The van der Waals surface area contributed by atoms with Gasteiger partial charge in [-0.2, -0.15) is 0 Å². The molecule has 2 aromatic rings. The third-order valence-electron chi connectivity index (χ3n) is 3.09. The number of rotatable bonds is 6. The van der Waals surface area contributed by atoms with E-state index >= 15 is 0 Å². The minimum atomic E-state index is -3.46. The molecular formula is C14H20N4O2S. The Morgan fingerprint density at radius 3 is 2.67 bits per heavy atom. The lowest BCUT2D eigenvalue weighted by atomic mass is 10.2. The Hall–Kier alpha value is -1.86. The maximum Gasteiger partial charge on any atom is 0.244 e. The van der Waals surface area contributed by atoms with Gasteiger partial charge in [0.05, 0.1) is 12.0 Å². The number of aromatic nitrogens is 2. The summed E-state index contributed by atoms with van der Waals surface area (Å²) in [6.07, 6.45) is 5.33. The molecule has 114 valence electrons. The number of hydrogen-bond acceptors (Lipinski definition) is 4. The van der Waals surface area contributed by atoms with Crippen LogP contribution in [0.2, 0.25) is 0 Å². The van der Waals surface area contributed by atoms with Crippen molar-refractivity contribution in [2.75, 3.05) is 19.4 Å². The Kier molecular flexibility index (Phi) is 4.64. The summed E-state index contributed by atoms with van der Waals surface area (Å²) in [5.41, 5.74) is 0.610. The lowest BCUT2D eigenvalue weighted by Crippen LogP contribution is -2.26. The van der Waals surface area contributed by atoms with E-state index in [1.54, 1.807) is 30.7 Å². The number of hydrogen-bond donors (Lipinski definition) is 1. The maximum absolute atomic E-state index is 12.3. The molecule has 1 unspecified atom stereocenters. The summed E-state index contributed by atoms with van der Waals surface area (Å²) in [5.74, 6) is 0. The Bertz CT molecular complexity index is 681. The van der Waals surface area contributed by atoms with Gasteiger partial charge in [-0.25, -0.2) is 17.7 Å². The minimum absolute atomic E-state index is 0.0673. The van der Waals surface area contributed by atoms with E-state index in [0.717, 1.165) is 0 Å². The van der Waals surface area contributed by atoms with Crippen molar-refractivity contribution in [3.8, 4) is 0 Å². The van der Waals surface area contributed by atoms with Crippen LogP contribution >= 0.6 is 0 Å². The van der Waals surface area contributed by atoms with Crippen LogP contribution in [0.3, 0.4) is 0 Å². The van der Waals surface area contributed by atoms with Gasteiger partial charge in [0.15, 0.2) is 0 Å². The van der Waals surface area contributed by atoms with Crippen LogP contribution < -0.4 is 5.32 Å². The summed E-state index contributed by atoms with van der Waals surface area (Å²) in [6, 6.07) is 7.00. The average molecular weight is 308 g/mol. The van der Waals surface area contributed by atoms with Gasteiger partial charge in [0.2, 0.25) is 10.0 Å². The first-order chi connectivity index (χ1) is 9.91. The van der Waals surface area contributed by atoms with Gasteiger partial charge in [0.1, 0.15) is 4.90 Å². The highest BCUT2D eigenvalue weighted by molar-refractivity contribution is 7.89. The van der Waals surface area contributed by atoms with Crippen LogP contribution in [0.4, 0.5) is 5.69 Å². The average Bonchev–Trinajstić information content (AvgIpc) is 2.91.